The van der Waals surface area contributed by atoms with E-state index in [2.05, 4.69) is 11.8 Å². The lowest BCUT2D eigenvalue weighted by atomic mass is 10.1. The summed E-state index contributed by atoms with van der Waals surface area (Å²) >= 11 is 0. The van der Waals surface area contributed by atoms with E-state index in [-0.39, 0.29) is 6.61 Å². The van der Waals surface area contributed by atoms with Gasteiger partial charge in [0.1, 0.15) is 19.0 Å². The summed E-state index contributed by atoms with van der Waals surface area (Å²) in [6, 6.07) is 15.8. The lowest BCUT2D eigenvalue weighted by molar-refractivity contribution is 0.306. The predicted octanol–water partition coefficient (Wildman–Crippen LogP) is 2.68. The molecule has 0 bridgehead atoms. The Labute approximate surface area is 125 Å². The first kappa shape index (κ1) is 15.0. The molecule has 108 valence electrons. The molecule has 21 heavy (non-hydrogen) atoms. The van der Waals surface area contributed by atoms with E-state index in [1.165, 1.54) is 0 Å². The Kier molecular flexibility index (Phi) is 5.25. The highest BCUT2D eigenvalue weighted by molar-refractivity contribution is 5.49. The van der Waals surface area contributed by atoms with Gasteiger partial charge in [0.15, 0.2) is 0 Å². The van der Waals surface area contributed by atoms with E-state index in [9.17, 15) is 0 Å². The molecular formula is C18H19NO2. The zero-order chi connectivity index (χ0) is 15.1. The molecule has 0 saturated heterocycles. The van der Waals surface area contributed by atoms with Gasteiger partial charge in [0.25, 0.3) is 0 Å². The third kappa shape index (κ3) is 4.55. The van der Waals surface area contributed by atoms with E-state index in [1.54, 1.807) is 0 Å². The predicted molar refractivity (Wildman–Crippen MR) is 85.5 cm³/mol. The van der Waals surface area contributed by atoms with E-state index in [0.29, 0.717) is 6.61 Å². The first-order valence-corrected chi connectivity index (χ1v) is 6.78. The molecule has 0 aliphatic rings. The lowest BCUT2D eigenvalue weighted by Crippen LogP contribution is -2.08. The number of nitrogens with zero attached hydrogens (tertiary/aromatic N) is 1. The zero-order valence-corrected chi connectivity index (χ0v) is 12.3. The molecule has 3 nitrogen and oxygen atoms in total. The summed E-state index contributed by atoms with van der Waals surface area (Å²) in [5.74, 6) is 6.38. The van der Waals surface area contributed by atoms with Gasteiger partial charge in [0.2, 0.25) is 0 Å². The molecule has 1 N–H and O–H groups in total. The second kappa shape index (κ2) is 7.37. The Hall–Kier alpha value is -2.44. The maximum atomic E-state index is 8.72. The summed E-state index contributed by atoms with van der Waals surface area (Å²) in [5.41, 5.74) is 3.04. The van der Waals surface area contributed by atoms with Gasteiger partial charge in [-0.05, 0) is 29.8 Å². The second-order valence-corrected chi connectivity index (χ2v) is 4.84. The highest BCUT2D eigenvalue weighted by Gasteiger charge is 2.00. The number of aliphatic hydroxyl groups excluding tert-OH is 1. The number of aliphatic hydroxyl groups is 1. The van der Waals surface area contributed by atoms with Gasteiger partial charge < -0.3 is 14.7 Å². The summed E-state index contributed by atoms with van der Waals surface area (Å²) in [5, 5.41) is 8.72. The van der Waals surface area contributed by atoms with Crippen molar-refractivity contribution in [1.29, 1.82) is 0 Å². The fraction of sp³-hybridized carbons (Fsp3) is 0.222. The van der Waals surface area contributed by atoms with Crippen LogP contribution in [0.4, 0.5) is 5.69 Å². The standard InChI is InChI=1S/C18H19NO2/c1-19(2)17-9-4-10-18(13-17)21-14-16-7-3-6-15(12-16)8-5-11-20/h3-4,6-7,9-10,12-13,20H,11,14H2,1-2H3. The Balaban J connectivity index is 2.04. The highest BCUT2D eigenvalue weighted by Crippen LogP contribution is 2.20. The summed E-state index contributed by atoms with van der Waals surface area (Å²) in [6.07, 6.45) is 0. The van der Waals surface area contributed by atoms with Crippen molar-refractivity contribution < 1.29 is 9.84 Å². The Morgan fingerprint density at radius 3 is 2.67 bits per heavy atom. The minimum atomic E-state index is -0.127. The van der Waals surface area contributed by atoms with E-state index in [1.807, 2.05) is 67.5 Å². The van der Waals surface area contributed by atoms with Crippen molar-refractivity contribution in [3.63, 3.8) is 0 Å². The van der Waals surface area contributed by atoms with Crippen molar-refractivity contribution in [2.45, 2.75) is 6.61 Å². The van der Waals surface area contributed by atoms with Crippen LogP contribution in [-0.4, -0.2) is 25.8 Å². The van der Waals surface area contributed by atoms with Crippen molar-refractivity contribution >= 4 is 5.69 Å². The van der Waals surface area contributed by atoms with Crippen LogP contribution in [0, 0.1) is 11.8 Å². The van der Waals surface area contributed by atoms with Gasteiger partial charge in [0, 0.05) is 31.4 Å². The molecule has 0 saturated carbocycles. The number of ether oxygens (including phenoxy) is 1. The molecular weight excluding hydrogens is 262 g/mol. The summed E-state index contributed by atoms with van der Waals surface area (Å²) in [4.78, 5) is 2.04. The number of hydrogen-bond donors (Lipinski definition) is 1. The molecule has 2 rings (SSSR count). The van der Waals surface area contributed by atoms with Crippen molar-refractivity contribution in [3.05, 3.63) is 59.7 Å². The first-order valence-electron chi connectivity index (χ1n) is 6.78. The lowest BCUT2D eigenvalue weighted by Gasteiger charge is -2.14. The van der Waals surface area contributed by atoms with E-state index in [4.69, 9.17) is 9.84 Å². The van der Waals surface area contributed by atoms with E-state index < -0.39 is 0 Å². The molecule has 3 heteroatoms. The SMILES string of the molecule is CN(C)c1cccc(OCc2cccc(C#CCO)c2)c1. The van der Waals surface area contributed by atoms with Gasteiger partial charge in [-0.15, -0.1) is 0 Å². The monoisotopic (exact) mass is 281 g/mol. The van der Waals surface area contributed by atoms with Crippen LogP contribution in [0.3, 0.4) is 0 Å². The summed E-state index contributed by atoms with van der Waals surface area (Å²) in [7, 11) is 4.00. The molecule has 0 aromatic heterocycles. The molecule has 2 aromatic carbocycles. The van der Waals surface area contributed by atoms with Crippen LogP contribution in [0.25, 0.3) is 0 Å². The van der Waals surface area contributed by atoms with Crippen molar-refractivity contribution in [3.8, 4) is 17.6 Å². The van der Waals surface area contributed by atoms with Crippen LogP contribution in [0.5, 0.6) is 5.75 Å². The van der Waals surface area contributed by atoms with Crippen molar-refractivity contribution in [2.24, 2.45) is 0 Å². The molecule has 0 unspecified atom stereocenters. The number of anilines is 1. The van der Waals surface area contributed by atoms with E-state index >= 15 is 0 Å². The molecule has 0 aliphatic heterocycles. The fourth-order valence-electron chi connectivity index (χ4n) is 1.90. The third-order valence-electron chi connectivity index (χ3n) is 2.98. The third-order valence-corrected chi connectivity index (χ3v) is 2.98. The zero-order valence-electron chi connectivity index (χ0n) is 12.3. The van der Waals surface area contributed by atoms with Gasteiger partial charge >= 0.3 is 0 Å². The molecule has 0 amide bonds. The summed E-state index contributed by atoms with van der Waals surface area (Å²) in [6.45, 7) is 0.365. The normalized spacial score (nSPS) is 9.67. The van der Waals surface area contributed by atoms with Gasteiger partial charge in [-0.1, -0.05) is 30.0 Å². The molecule has 2 aromatic rings. The van der Waals surface area contributed by atoms with Crippen LogP contribution in [0.2, 0.25) is 0 Å². The molecule has 0 atom stereocenters. The minimum absolute atomic E-state index is 0.127. The Morgan fingerprint density at radius 2 is 1.90 bits per heavy atom. The fourth-order valence-corrected chi connectivity index (χ4v) is 1.90. The molecule has 0 heterocycles. The van der Waals surface area contributed by atoms with Gasteiger partial charge in [-0.25, -0.2) is 0 Å². The van der Waals surface area contributed by atoms with E-state index in [0.717, 1.165) is 22.6 Å². The number of benzene rings is 2. The summed E-state index contributed by atoms with van der Waals surface area (Å²) < 4.78 is 5.82. The topological polar surface area (TPSA) is 32.7 Å². The van der Waals surface area contributed by atoms with Crippen molar-refractivity contribution in [1.82, 2.24) is 0 Å². The van der Waals surface area contributed by atoms with Crippen molar-refractivity contribution in [2.75, 3.05) is 25.6 Å². The van der Waals surface area contributed by atoms with Crippen LogP contribution >= 0.6 is 0 Å². The van der Waals surface area contributed by atoms with Gasteiger partial charge in [0.05, 0.1) is 0 Å². The maximum Gasteiger partial charge on any atom is 0.121 e. The number of hydrogen-bond acceptors (Lipinski definition) is 3. The van der Waals surface area contributed by atoms with Crippen LogP contribution in [0.15, 0.2) is 48.5 Å². The molecule has 0 aliphatic carbocycles. The van der Waals surface area contributed by atoms with Crippen LogP contribution in [0.1, 0.15) is 11.1 Å². The average Bonchev–Trinajstić information content (AvgIpc) is 2.51. The first-order chi connectivity index (χ1) is 10.2. The quantitative estimate of drug-likeness (QED) is 0.875. The van der Waals surface area contributed by atoms with Gasteiger partial charge in [-0.3, -0.25) is 0 Å². The molecule has 0 radical (unpaired) electrons. The van der Waals surface area contributed by atoms with Crippen LogP contribution in [-0.2, 0) is 6.61 Å². The number of rotatable bonds is 4. The van der Waals surface area contributed by atoms with Crippen LogP contribution < -0.4 is 9.64 Å². The average molecular weight is 281 g/mol. The maximum absolute atomic E-state index is 8.72. The largest absolute Gasteiger partial charge is 0.489 e. The minimum Gasteiger partial charge on any atom is -0.489 e. The Bertz CT molecular complexity index is 654. The Morgan fingerprint density at radius 1 is 1.10 bits per heavy atom. The van der Waals surface area contributed by atoms with Gasteiger partial charge in [-0.2, -0.15) is 0 Å². The highest BCUT2D eigenvalue weighted by atomic mass is 16.5. The smallest absolute Gasteiger partial charge is 0.121 e. The second-order valence-electron chi connectivity index (χ2n) is 4.84. The molecule has 0 spiro atoms. The molecule has 0 fully saturated rings.